The van der Waals surface area contributed by atoms with Gasteiger partial charge in [-0.05, 0) is 30.5 Å². The van der Waals surface area contributed by atoms with E-state index in [1.807, 2.05) is 30.3 Å². The summed E-state index contributed by atoms with van der Waals surface area (Å²) in [5.41, 5.74) is 1.65. The zero-order valence-corrected chi connectivity index (χ0v) is 18.8. The Morgan fingerprint density at radius 3 is 2.56 bits per heavy atom. The quantitative estimate of drug-likeness (QED) is 0.550. The molecule has 5 rings (SSSR count). The number of nitrogens with zero attached hydrogens (tertiary/aromatic N) is 3. The van der Waals surface area contributed by atoms with Crippen LogP contribution in [-0.2, 0) is 4.74 Å². The average molecular weight is 473 g/mol. The average Bonchev–Trinajstić information content (AvgIpc) is 3.18. The van der Waals surface area contributed by atoms with E-state index in [1.165, 1.54) is 4.90 Å². The van der Waals surface area contributed by atoms with E-state index in [4.69, 9.17) is 9.15 Å². The highest BCUT2D eigenvalue weighted by Gasteiger charge is 2.46. The first kappa shape index (κ1) is 22.9. The van der Waals surface area contributed by atoms with Gasteiger partial charge in [-0.15, -0.1) is 0 Å². The molecule has 1 atom stereocenters. The maximum Gasteiger partial charge on any atom is 0.401 e. The second-order valence-electron chi connectivity index (χ2n) is 9.16. The molecule has 1 unspecified atom stereocenters. The minimum atomic E-state index is -4.29. The molecule has 1 spiro atoms. The van der Waals surface area contributed by atoms with Gasteiger partial charge in [-0.2, -0.15) is 13.2 Å². The molecular weight excluding hydrogens is 447 g/mol. The fraction of sp³-hybridized carbons (Fsp3) is 0.440. The Labute approximate surface area is 195 Å². The number of benzene rings is 2. The molecule has 6 nitrogen and oxygen atoms in total. The molecular formula is C25H26F3N3O3. The van der Waals surface area contributed by atoms with E-state index in [9.17, 15) is 18.0 Å². The van der Waals surface area contributed by atoms with Crippen LogP contribution in [-0.4, -0.2) is 65.2 Å². The second kappa shape index (κ2) is 8.70. The third kappa shape index (κ3) is 4.67. The van der Waals surface area contributed by atoms with Crippen LogP contribution in [0.5, 0.6) is 0 Å². The number of morpholine rings is 1. The molecule has 1 amide bonds. The topological polar surface area (TPSA) is 58.8 Å². The van der Waals surface area contributed by atoms with Gasteiger partial charge in [0.15, 0.2) is 11.5 Å². The standard InChI is InChI=1S/C25H26F3N3O3/c1-17-29-20-9-5-8-19(22(20)33-17)23(32)31-12-10-24(11-13-31)15-30(16-25(26,27)28)14-21(34-24)18-6-3-2-4-7-18/h2-9,21H,10-16H2,1H3. The minimum absolute atomic E-state index is 0.167. The third-order valence-corrected chi connectivity index (χ3v) is 6.62. The number of carbonyl (C=O) groups excluding carboxylic acids is 1. The lowest BCUT2D eigenvalue weighted by atomic mass is 9.87. The number of rotatable bonds is 3. The molecule has 0 aliphatic carbocycles. The van der Waals surface area contributed by atoms with Gasteiger partial charge in [0.25, 0.3) is 5.91 Å². The SMILES string of the molecule is Cc1nc2cccc(C(=O)N3CCC4(CC3)CN(CC(F)(F)F)CC(c3ccccc3)O4)c2o1. The van der Waals surface area contributed by atoms with Crippen LogP contribution in [0.2, 0.25) is 0 Å². The number of carbonyl (C=O) groups is 1. The Bertz CT molecular complexity index is 1170. The van der Waals surface area contributed by atoms with Crippen molar-refractivity contribution in [3.05, 3.63) is 65.5 Å². The summed E-state index contributed by atoms with van der Waals surface area (Å²) in [6, 6.07) is 14.6. The summed E-state index contributed by atoms with van der Waals surface area (Å²) in [5, 5.41) is 0. The molecule has 180 valence electrons. The molecule has 3 heterocycles. The lowest BCUT2D eigenvalue weighted by Gasteiger charge is -2.50. The fourth-order valence-corrected chi connectivity index (χ4v) is 5.09. The van der Waals surface area contributed by atoms with Gasteiger partial charge in [-0.1, -0.05) is 36.4 Å². The summed E-state index contributed by atoms with van der Waals surface area (Å²) in [6.45, 7) is 1.91. The van der Waals surface area contributed by atoms with Crippen molar-refractivity contribution in [2.24, 2.45) is 0 Å². The molecule has 9 heteroatoms. The van der Waals surface area contributed by atoms with E-state index in [-0.39, 0.29) is 19.0 Å². The predicted molar refractivity (Wildman–Crippen MR) is 119 cm³/mol. The van der Waals surface area contributed by atoms with Crippen LogP contribution in [0.15, 0.2) is 52.9 Å². The number of fused-ring (bicyclic) bond motifs is 1. The molecule has 0 radical (unpaired) electrons. The van der Waals surface area contributed by atoms with Crippen molar-refractivity contribution in [3.8, 4) is 0 Å². The first-order chi connectivity index (χ1) is 16.2. The Balaban J connectivity index is 1.34. The van der Waals surface area contributed by atoms with Crippen LogP contribution in [0, 0.1) is 6.92 Å². The number of alkyl halides is 3. The molecule has 2 aliphatic heterocycles. The van der Waals surface area contributed by atoms with Crippen molar-refractivity contribution in [2.75, 3.05) is 32.7 Å². The number of hydrogen-bond acceptors (Lipinski definition) is 5. The summed E-state index contributed by atoms with van der Waals surface area (Å²) in [7, 11) is 0. The summed E-state index contributed by atoms with van der Waals surface area (Å²) < 4.78 is 51.9. The third-order valence-electron chi connectivity index (χ3n) is 6.62. The fourth-order valence-electron chi connectivity index (χ4n) is 5.09. The van der Waals surface area contributed by atoms with Gasteiger partial charge in [0.2, 0.25) is 0 Å². The monoisotopic (exact) mass is 473 g/mol. The highest BCUT2D eigenvalue weighted by molar-refractivity contribution is 6.04. The lowest BCUT2D eigenvalue weighted by molar-refractivity contribution is -0.205. The van der Waals surface area contributed by atoms with Crippen molar-refractivity contribution < 1.29 is 27.1 Å². The zero-order chi connectivity index (χ0) is 23.9. The van der Waals surface area contributed by atoms with Gasteiger partial charge in [-0.3, -0.25) is 9.69 Å². The van der Waals surface area contributed by atoms with Crippen LogP contribution in [0.3, 0.4) is 0 Å². The van der Waals surface area contributed by atoms with E-state index >= 15 is 0 Å². The van der Waals surface area contributed by atoms with E-state index < -0.39 is 24.4 Å². The smallest absolute Gasteiger partial charge is 0.401 e. The van der Waals surface area contributed by atoms with Crippen molar-refractivity contribution in [1.29, 1.82) is 0 Å². The summed E-state index contributed by atoms with van der Waals surface area (Å²) >= 11 is 0. The molecule has 2 saturated heterocycles. The van der Waals surface area contributed by atoms with Crippen LogP contribution >= 0.6 is 0 Å². The number of halogens is 3. The lowest BCUT2D eigenvalue weighted by Crippen LogP contribution is -2.59. The second-order valence-corrected chi connectivity index (χ2v) is 9.16. The van der Waals surface area contributed by atoms with Gasteiger partial charge in [0.1, 0.15) is 5.52 Å². The van der Waals surface area contributed by atoms with Crippen molar-refractivity contribution in [3.63, 3.8) is 0 Å². The molecule has 34 heavy (non-hydrogen) atoms. The van der Waals surface area contributed by atoms with E-state index in [1.54, 1.807) is 30.0 Å². The number of amides is 1. The number of aryl methyl sites for hydroxylation is 1. The first-order valence-corrected chi connectivity index (χ1v) is 11.4. The van der Waals surface area contributed by atoms with Gasteiger partial charge >= 0.3 is 6.18 Å². The zero-order valence-electron chi connectivity index (χ0n) is 18.8. The maximum absolute atomic E-state index is 13.3. The number of oxazole rings is 1. The van der Waals surface area contributed by atoms with E-state index in [0.29, 0.717) is 48.5 Å². The van der Waals surface area contributed by atoms with E-state index in [2.05, 4.69) is 4.98 Å². The highest BCUT2D eigenvalue weighted by atomic mass is 19.4. The van der Waals surface area contributed by atoms with Crippen LogP contribution in [0.4, 0.5) is 13.2 Å². The summed E-state index contributed by atoms with van der Waals surface area (Å²) in [6.07, 6.45) is -3.82. The number of aromatic nitrogens is 1. The van der Waals surface area contributed by atoms with Gasteiger partial charge in [0, 0.05) is 33.1 Å². The van der Waals surface area contributed by atoms with Crippen molar-refractivity contribution in [1.82, 2.24) is 14.8 Å². The number of piperidine rings is 1. The number of likely N-dealkylation sites (tertiary alicyclic amines) is 1. The molecule has 2 fully saturated rings. The van der Waals surface area contributed by atoms with Crippen molar-refractivity contribution in [2.45, 2.75) is 37.6 Å². The number of ether oxygens (including phenoxy) is 1. The molecule has 0 saturated carbocycles. The summed E-state index contributed by atoms with van der Waals surface area (Å²) in [5.74, 6) is 0.319. The number of para-hydroxylation sites is 1. The molecule has 3 aromatic rings. The van der Waals surface area contributed by atoms with Crippen LogP contribution < -0.4 is 0 Å². The van der Waals surface area contributed by atoms with Gasteiger partial charge in [-0.25, -0.2) is 4.98 Å². The molecule has 2 aliphatic rings. The maximum atomic E-state index is 13.3. The number of hydrogen-bond donors (Lipinski definition) is 0. The first-order valence-electron chi connectivity index (χ1n) is 11.4. The van der Waals surface area contributed by atoms with Gasteiger partial charge < -0.3 is 14.1 Å². The van der Waals surface area contributed by atoms with Crippen LogP contribution in [0.1, 0.15) is 40.8 Å². The Kier molecular flexibility index (Phi) is 5.85. The van der Waals surface area contributed by atoms with Gasteiger partial charge in [0.05, 0.1) is 23.8 Å². The molecule has 2 aromatic carbocycles. The Morgan fingerprint density at radius 2 is 1.85 bits per heavy atom. The predicted octanol–water partition coefficient (Wildman–Crippen LogP) is 4.75. The van der Waals surface area contributed by atoms with Crippen LogP contribution in [0.25, 0.3) is 11.1 Å². The highest BCUT2D eigenvalue weighted by Crippen LogP contribution is 2.39. The van der Waals surface area contributed by atoms with Crippen molar-refractivity contribution >= 4 is 17.0 Å². The Hall–Kier alpha value is -2.91. The molecule has 0 bridgehead atoms. The Morgan fingerprint density at radius 1 is 1.12 bits per heavy atom. The minimum Gasteiger partial charge on any atom is -0.440 e. The molecule has 0 N–H and O–H groups in total. The normalized spacial score (nSPS) is 21.3. The molecule has 1 aromatic heterocycles. The largest absolute Gasteiger partial charge is 0.440 e. The van der Waals surface area contributed by atoms with E-state index in [0.717, 1.165) is 5.56 Å². The summed E-state index contributed by atoms with van der Waals surface area (Å²) in [4.78, 5) is 20.7.